The van der Waals surface area contributed by atoms with E-state index in [0.717, 1.165) is 29.9 Å². The summed E-state index contributed by atoms with van der Waals surface area (Å²) in [4.78, 5) is 0. The van der Waals surface area contributed by atoms with E-state index in [-0.39, 0.29) is 11.9 Å². The van der Waals surface area contributed by atoms with Gasteiger partial charge in [0.1, 0.15) is 11.6 Å². The summed E-state index contributed by atoms with van der Waals surface area (Å²) in [6.45, 7) is 5.00. The number of benzene rings is 1. The lowest BCUT2D eigenvalue weighted by Gasteiger charge is -2.18. The fourth-order valence-corrected chi connectivity index (χ4v) is 2.42. The fourth-order valence-electron chi connectivity index (χ4n) is 2.02. The van der Waals surface area contributed by atoms with Crippen molar-refractivity contribution in [3.05, 3.63) is 57.7 Å². The van der Waals surface area contributed by atoms with E-state index in [1.165, 1.54) is 6.07 Å². The minimum absolute atomic E-state index is 0.0492. The summed E-state index contributed by atoms with van der Waals surface area (Å²) in [5.41, 5.74) is 2.08. The zero-order valence-corrected chi connectivity index (χ0v) is 12.6. The van der Waals surface area contributed by atoms with E-state index >= 15 is 0 Å². The molecule has 1 heterocycles. The molecule has 102 valence electrons. The lowest BCUT2D eigenvalue weighted by atomic mass is 10.0. The second-order valence-electron chi connectivity index (χ2n) is 4.53. The number of hydrogen-bond acceptors (Lipinski definition) is 2. The first-order valence-electron chi connectivity index (χ1n) is 6.35. The minimum Gasteiger partial charge on any atom is -0.467 e. The van der Waals surface area contributed by atoms with Crippen molar-refractivity contribution in [2.45, 2.75) is 26.3 Å². The molecule has 19 heavy (non-hydrogen) atoms. The van der Waals surface area contributed by atoms with Gasteiger partial charge in [-0.25, -0.2) is 4.39 Å². The third-order valence-electron chi connectivity index (χ3n) is 3.04. The van der Waals surface area contributed by atoms with Crippen molar-refractivity contribution >= 4 is 15.9 Å². The van der Waals surface area contributed by atoms with Crippen LogP contribution in [-0.4, -0.2) is 6.54 Å². The summed E-state index contributed by atoms with van der Waals surface area (Å²) in [7, 11) is 0. The van der Waals surface area contributed by atoms with Gasteiger partial charge in [-0.15, -0.1) is 0 Å². The first-order chi connectivity index (χ1) is 9.13. The van der Waals surface area contributed by atoms with Gasteiger partial charge in [-0.3, -0.25) is 0 Å². The Kier molecular flexibility index (Phi) is 4.77. The Morgan fingerprint density at radius 1 is 1.37 bits per heavy atom. The normalized spacial score (nSPS) is 12.6. The standard InChI is InChI=1S/C15H17BrFNO/c1-3-7-18-14(15-10(2)6-8-19-15)11-4-5-13(17)12(16)9-11/h4-6,8-9,14,18H,3,7H2,1-2H3. The lowest BCUT2D eigenvalue weighted by Crippen LogP contribution is -2.23. The monoisotopic (exact) mass is 325 g/mol. The van der Waals surface area contributed by atoms with Gasteiger partial charge in [-0.05, 0) is 65.1 Å². The third-order valence-corrected chi connectivity index (χ3v) is 3.65. The third kappa shape index (κ3) is 3.25. The van der Waals surface area contributed by atoms with Crippen LogP contribution in [0.5, 0.6) is 0 Å². The maximum atomic E-state index is 13.3. The molecule has 0 spiro atoms. The van der Waals surface area contributed by atoms with Crippen LogP contribution in [0.25, 0.3) is 0 Å². The van der Waals surface area contributed by atoms with Crippen LogP contribution in [-0.2, 0) is 0 Å². The van der Waals surface area contributed by atoms with E-state index in [1.54, 1.807) is 18.4 Å². The maximum absolute atomic E-state index is 13.3. The average Bonchev–Trinajstić information content (AvgIpc) is 2.80. The summed E-state index contributed by atoms with van der Waals surface area (Å²) in [5, 5.41) is 3.44. The van der Waals surface area contributed by atoms with Gasteiger partial charge in [0.15, 0.2) is 0 Å². The van der Waals surface area contributed by atoms with Crippen molar-refractivity contribution in [1.29, 1.82) is 0 Å². The molecule has 0 fully saturated rings. The molecular formula is C15H17BrFNO. The van der Waals surface area contributed by atoms with Gasteiger partial charge in [0, 0.05) is 0 Å². The maximum Gasteiger partial charge on any atom is 0.137 e. The predicted octanol–water partition coefficient (Wildman–Crippen LogP) is 4.58. The number of nitrogens with one attached hydrogen (secondary N) is 1. The average molecular weight is 326 g/mol. The van der Waals surface area contributed by atoms with E-state index in [4.69, 9.17) is 4.42 Å². The Morgan fingerprint density at radius 3 is 2.74 bits per heavy atom. The zero-order valence-electron chi connectivity index (χ0n) is 11.0. The van der Waals surface area contributed by atoms with Crippen LogP contribution in [0.15, 0.2) is 39.4 Å². The molecule has 0 aliphatic carbocycles. The molecule has 1 atom stereocenters. The molecule has 1 aromatic heterocycles. The predicted molar refractivity (Wildman–Crippen MR) is 77.7 cm³/mol. The highest BCUT2D eigenvalue weighted by Crippen LogP contribution is 2.28. The van der Waals surface area contributed by atoms with E-state index in [2.05, 4.69) is 28.2 Å². The Hall–Kier alpha value is -1.13. The van der Waals surface area contributed by atoms with E-state index in [9.17, 15) is 4.39 Å². The minimum atomic E-state index is -0.255. The first kappa shape index (κ1) is 14.3. The highest BCUT2D eigenvalue weighted by molar-refractivity contribution is 9.10. The molecule has 2 aromatic rings. The van der Waals surface area contributed by atoms with Crippen molar-refractivity contribution in [3.63, 3.8) is 0 Å². The Labute approximate surface area is 121 Å². The Balaban J connectivity index is 2.37. The zero-order chi connectivity index (χ0) is 13.8. The van der Waals surface area contributed by atoms with Crippen molar-refractivity contribution < 1.29 is 8.81 Å². The molecular weight excluding hydrogens is 309 g/mol. The Morgan fingerprint density at radius 2 is 2.16 bits per heavy atom. The van der Waals surface area contributed by atoms with E-state index in [1.807, 2.05) is 13.0 Å². The van der Waals surface area contributed by atoms with Crippen molar-refractivity contribution in [3.8, 4) is 0 Å². The number of furan rings is 1. The number of rotatable bonds is 5. The van der Waals surface area contributed by atoms with E-state index in [0.29, 0.717) is 4.47 Å². The van der Waals surface area contributed by atoms with Crippen molar-refractivity contribution in [2.75, 3.05) is 6.54 Å². The van der Waals surface area contributed by atoms with Gasteiger partial charge in [0.05, 0.1) is 16.8 Å². The second-order valence-corrected chi connectivity index (χ2v) is 5.38. The summed E-state index contributed by atoms with van der Waals surface area (Å²) in [5.74, 6) is 0.626. The highest BCUT2D eigenvalue weighted by Gasteiger charge is 2.19. The molecule has 0 bridgehead atoms. The highest BCUT2D eigenvalue weighted by atomic mass is 79.9. The summed E-state index contributed by atoms with van der Waals surface area (Å²) >= 11 is 3.23. The van der Waals surface area contributed by atoms with Crippen molar-refractivity contribution in [2.24, 2.45) is 0 Å². The SMILES string of the molecule is CCCNC(c1ccc(F)c(Br)c1)c1occc1C. The van der Waals surface area contributed by atoms with Crippen LogP contribution in [0.4, 0.5) is 4.39 Å². The smallest absolute Gasteiger partial charge is 0.137 e. The van der Waals surface area contributed by atoms with Crippen LogP contribution >= 0.6 is 15.9 Å². The lowest BCUT2D eigenvalue weighted by molar-refractivity contribution is 0.443. The second kappa shape index (κ2) is 6.35. The molecule has 0 aliphatic heterocycles. The molecule has 1 N–H and O–H groups in total. The molecule has 1 unspecified atom stereocenters. The molecule has 2 rings (SSSR count). The van der Waals surface area contributed by atoms with Crippen molar-refractivity contribution in [1.82, 2.24) is 5.32 Å². The summed E-state index contributed by atoms with van der Waals surface area (Å²) in [6.07, 6.45) is 2.71. The van der Waals surface area contributed by atoms with Gasteiger partial charge in [0.2, 0.25) is 0 Å². The molecule has 4 heteroatoms. The van der Waals surface area contributed by atoms with Gasteiger partial charge >= 0.3 is 0 Å². The fraction of sp³-hybridized carbons (Fsp3) is 0.333. The van der Waals surface area contributed by atoms with Gasteiger partial charge in [-0.1, -0.05) is 13.0 Å². The van der Waals surface area contributed by atoms with Gasteiger partial charge < -0.3 is 9.73 Å². The van der Waals surface area contributed by atoms with Gasteiger partial charge in [-0.2, -0.15) is 0 Å². The Bertz CT molecular complexity index is 553. The molecule has 0 aliphatic rings. The summed E-state index contributed by atoms with van der Waals surface area (Å²) < 4.78 is 19.4. The van der Waals surface area contributed by atoms with E-state index < -0.39 is 0 Å². The van der Waals surface area contributed by atoms with Crippen LogP contribution in [0.3, 0.4) is 0 Å². The molecule has 2 nitrogen and oxygen atoms in total. The molecule has 0 amide bonds. The summed E-state index contributed by atoms with van der Waals surface area (Å²) in [6, 6.07) is 6.94. The molecule has 0 radical (unpaired) electrons. The number of aryl methyl sites for hydroxylation is 1. The topological polar surface area (TPSA) is 25.2 Å². The number of hydrogen-bond donors (Lipinski definition) is 1. The van der Waals surface area contributed by atoms with Crippen LogP contribution < -0.4 is 5.32 Å². The van der Waals surface area contributed by atoms with Crippen LogP contribution in [0.2, 0.25) is 0 Å². The molecule has 0 saturated carbocycles. The van der Waals surface area contributed by atoms with Crippen LogP contribution in [0, 0.1) is 12.7 Å². The largest absolute Gasteiger partial charge is 0.467 e. The quantitative estimate of drug-likeness (QED) is 0.870. The van der Waals surface area contributed by atoms with Gasteiger partial charge in [0.25, 0.3) is 0 Å². The van der Waals surface area contributed by atoms with Crippen LogP contribution in [0.1, 0.15) is 36.3 Å². The molecule has 1 aromatic carbocycles. The molecule has 0 saturated heterocycles. The first-order valence-corrected chi connectivity index (χ1v) is 7.15. The number of halogens is 2.